The maximum absolute atomic E-state index is 12.2. The maximum Gasteiger partial charge on any atom is 0.281 e. The summed E-state index contributed by atoms with van der Waals surface area (Å²) in [5.41, 5.74) is 0.964. The first-order chi connectivity index (χ1) is 11.7. The summed E-state index contributed by atoms with van der Waals surface area (Å²) < 4.78 is 26.8. The zero-order valence-corrected chi connectivity index (χ0v) is 15.5. The number of rotatable bonds is 6. The first kappa shape index (κ1) is 19.5. The number of carbonyl (C=O) groups is 2. The van der Waals surface area contributed by atoms with Crippen LogP contribution in [0, 0.1) is 0 Å². The summed E-state index contributed by atoms with van der Waals surface area (Å²) in [7, 11) is -0.410. The summed E-state index contributed by atoms with van der Waals surface area (Å²) in [6.45, 7) is 3.26. The van der Waals surface area contributed by atoms with Gasteiger partial charge in [-0.15, -0.1) is 0 Å². The van der Waals surface area contributed by atoms with E-state index in [0.29, 0.717) is 37.4 Å². The molecule has 1 saturated heterocycles. The Hall–Kier alpha value is -1.81. The third-order valence-electron chi connectivity index (χ3n) is 4.07. The van der Waals surface area contributed by atoms with Crippen molar-refractivity contribution in [2.75, 3.05) is 52.1 Å². The smallest absolute Gasteiger partial charge is 0.281 e. The Bertz CT molecular complexity index is 740. The fourth-order valence-corrected chi connectivity index (χ4v) is 3.73. The molecule has 0 atom stereocenters. The molecule has 0 aromatic heterocycles. The fourth-order valence-electron chi connectivity index (χ4n) is 2.64. The van der Waals surface area contributed by atoms with Gasteiger partial charge in [0, 0.05) is 45.8 Å². The zero-order chi connectivity index (χ0) is 18.6. The summed E-state index contributed by atoms with van der Waals surface area (Å²) in [6, 6.07) is 6.86. The van der Waals surface area contributed by atoms with E-state index in [0.717, 1.165) is 0 Å². The number of nitrogens with zero attached hydrogens (tertiary/aromatic N) is 3. The van der Waals surface area contributed by atoms with Gasteiger partial charge in [-0.1, -0.05) is 12.1 Å². The summed E-state index contributed by atoms with van der Waals surface area (Å²) in [5.74, 6) is -0.337. The van der Waals surface area contributed by atoms with Crippen LogP contribution in [0.5, 0.6) is 0 Å². The van der Waals surface area contributed by atoms with Gasteiger partial charge >= 0.3 is 0 Å². The lowest BCUT2D eigenvalue weighted by molar-refractivity contribution is -0.117. The molecule has 9 heteroatoms. The molecule has 1 aliphatic rings. The molecule has 1 fully saturated rings. The van der Waals surface area contributed by atoms with E-state index in [4.69, 9.17) is 0 Å². The monoisotopic (exact) mass is 368 g/mol. The predicted molar refractivity (Wildman–Crippen MR) is 95.7 cm³/mol. The van der Waals surface area contributed by atoms with E-state index in [1.165, 1.54) is 29.6 Å². The molecular formula is C16H24N4O4S. The molecule has 0 unspecified atom stereocenters. The van der Waals surface area contributed by atoms with Crippen molar-refractivity contribution in [2.24, 2.45) is 0 Å². The van der Waals surface area contributed by atoms with E-state index in [-0.39, 0.29) is 18.2 Å². The second-order valence-electron chi connectivity index (χ2n) is 6.12. The fraction of sp³-hybridized carbons (Fsp3) is 0.500. The van der Waals surface area contributed by atoms with Gasteiger partial charge in [-0.3, -0.25) is 14.5 Å². The minimum absolute atomic E-state index is 0.113. The second kappa shape index (κ2) is 8.05. The number of para-hydroxylation sites is 1. The number of hydrogen-bond donors (Lipinski definition) is 1. The molecule has 0 radical (unpaired) electrons. The molecule has 1 N–H and O–H groups in total. The van der Waals surface area contributed by atoms with Crippen molar-refractivity contribution in [3.05, 3.63) is 29.8 Å². The van der Waals surface area contributed by atoms with Crippen molar-refractivity contribution in [3.8, 4) is 0 Å². The standard InChI is InChI=1S/C16H24N4O4S/c1-13(21)14-6-4-5-7-15(14)17-16(22)12-19-8-10-20(11-9-19)25(23,24)18(2)3/h4-7H,8-12H2,1-3H3,(H,17,22). The van der Waals surface area contributed by atoms with Gasteiger partial charge in [-0.25, -0.2) is 0 Å². The van der Waals surface area contributed by atoms with Gasteiger partial charge in [-0.2, -0.15) is 17.0 Å². The second-order valence-corrected chi connectivity index (χ2v) is 8.26. The molecule has 1 aromatic carbocycles. The quantitative estimate of drug-likeness (QED) is 0.727. The van der Waals surface area contributed by atoms with Crippen LogP contribution >= 0.6 is 0 Å². The highest BCUT2D eigenvalue weighted by atomic mass is 32.2. The first-order valence-electron chi connectivity index (χ1n) is 8.01. The van der Waals surface area contributed by atoms with Gasteiger partial charge in [0.25, 0.3) is 10.2 Å². The van der Waals surface area contributed by atoms with Gasteiger partial charge in [0.05, 0.1) is 12.2 Å². The van der Waals surface area contributed by atoms with Crippen LogP contribution in [0.4, 0.5) is 5.69 Å². The van der Waals surface area contributed by atoms with Crippen LogP contribution in [0.25, 0.3) is 0 Å². The zero-order valence-electron chi connectivity index (χ0n) is 14.7. The third-order valence-corrected chi connectivity index (χ3v) is 6.01. The number of nitrogens with one attached hydrogen (secondary N) is 1. The molecular weight excluding hydrogens is 344 g/mol. The van der Waals surface area contributed by atoms with Crippen LogP contribution in [0.15, 0.2) is 24.3 Å². The van der Waals surface area contributed by atoms with Crippen molar-refractivity contribution >= 4 is 27.6 Å². The van der Waals surface area contributed by atoms with E-state index in [1.807, 2.05) is 4.90 Å². The minimum Gasteiger partial charge on any atom is -0.324 e. The van der Waals surface area contributed by atoms with Crippen molar-refractivity contribution in [1.29, 1.82) is 0 Å². The molecule has 138 valence electrons. The van der Waals surface area contributed by atoms with Crippen molar-refractivity contribution in [1.82, 2.24) is 13.5 Å². The third kappa shape index (κ3) is 4.85. The average Bonchev–Trinajstić information content (AvgIpc) is 2.55. The molecule has 2 rings (SSSR count). The number of piperazine rings is 1. The van der Waals surface area contributed by atoms with Crippen LogP contribution in [-0.4, -0.2) is 80.4 Å². The van der Waals surface area contributed by atoms with E-state index in [2.05, 4.69) is 5.32 Å². The molecule has 0 bridgehead atoms. The summed E-state index contributed by atoms with van der Waals surface area (Å²) in [4.78, 5) is 25.7. The van der Waals surface area contributed by atoms with Crippen LogP contribution in [0.2, 0.25) is 0 Å². The number of hydrogen-bond acceptors (Lipinski definition) is 5. The molecule has 1 aliphatic heterocycles. The highest BCUT2D eigenvalue weighted by molar-refractivity contribution is 7.86. The Morgan fingerprint density at radius 1 is 1.12 bits per heavy atom. The van der Waals surface area contributed by atoms with Crippen molar-refractivity contribution < 1.29 is 18.0 Å². The number of ketones is 1. The van der Waals surface area contributed by atoms with E-state index in [9.17, 15) is 18.0 Å². The maximum atomic E-state index is 12.2. The predicted octanol–water partition coefficient (Wildman–Crippen LogP) is 0.252. The lowest BCUT2D eigenvalue weighted by Crippen LogP contribution is -2.52. The van der Waals surface area contributed by atoms with Gasteiger partial charge in [0.2, 0.25) is 5.91 Å². The highest BCUT2D eigenvalue weighted by Gasteiger charge is 2.29. The number of amides is 1. The molecule has 0 aliphatic carbocycles. The Morgan fingerprint density at radius 3 is 2.28 bits per heavy atom. The number of carbonyl (C=O) groups excluding carboxylic acids is 2. The van der Waals surface area contributed by atoms with Crippen LogP contribution in [-0.2, 0) is 15.0 Å². The number of benzene rings is 1. The molecule has 25 heavy (non-hydrogen) atoms. The number of anilines is 1. The Balaban J connectivity index is 1.90. The Morgan fingerprint density at radius 2 is 1.72 bits per heavy atom. The summed E-state index contributed by atoms with van der Waals surface area (Å²) in [6.07, 6.45) is 0. The summed E-state index contributed by atoms with van der Waals surface area (Å²) >= 11 is 0. The van der Waals surface area contributed by atoms with E-state index >= 15 is 0 Å². The molecule has 1 aromatic rings. The lowest BCUT2D eigenvalue weighted by atomic mass is 10.1. The van der Waals surface area contributed by atoms with E-state index < -0.39 is 10.2 Å². The Kier molecular flexibility index (Phi) is 6.28. The summed E-state index contributed by atoms with van der Waals surface area (Å²) in [5, 5.41) is 2.76. The SMILES string of the molecule is CC(=O)c1ccccc1NC(=O)CN1CCN(S(=O)(=O)N(C)C)CC1. The van der Waals surface area contributed by atoms with Gasteiger partial charge in [0.15, 0.2) is 5.78 Å². The average molecular weight is 368 g/mol. The van der Waals surface area contributed by atoms with Gasteiger partial charge in [-0.05, 0) is 19.1 Å². The highest BCUT2D eigenvalue weighted by Crippen LogP contribution is 2.16. The molecule has 0 saturated carbocycles. The molecule has 0 spiro atoms. The van der Waals surface area contributed by atoms with Crippen molar-refractivity contribution in [3.63, 3.8) is 0 Å². The number of Topliss-reactive ketones (excluding diaryl/α,β-unsaturated/α-hetero) is 1. The van der Waals surface area contributed by atoms with Gasteiger partial charge < -0.3 is 5.32 Å². The normalized spacial score (nSPS) is 16.8. The Labute approximate surface area is 148 Å². The minimum atomic E-state index is -3.41. The van der Waals surface area contributed by atoms with Crippen LogP contribution in [0.3, 0.4) is 0 Å². The van der Waals surface area contributed by atoms with Crippen LogP contribution in [0.1, 0.15) is 17.3 Å². The van der Waals surface area contributed by atoms with Gasteiger partial charge in [0.1, 0.15) is 0 Å². The largest absolute Gasteiger partial charge is 0.324 e. The molecule has 8 nitrogen and oxygen atoms in total. The molecule has 1 amide bonds. The van der Waals surface area contributed by atoms with Crippen LogP contribution < -0.4 is 5.32 Å². The first-order valence-corrected chi connectivity index (χ1v) is 9.41. The van der Waals surface area contributed by atoms with E-state index in [1.54, 1.807) is 24.3 Å². The van der Waals surface area contributed by atoms with Crippen molar-refractivity contribution in [2.45, 2.75) is 6.92 Å². The lowest BCUT2D eigenvalue weighted by Gasteiger charge is -2.34. The molecule has 1 heterocycles. The topological polar surface area (TPSA) is 90.0 Å².